The number of ether oxygens (including phenoxy) is 1. The van der Waals surface area contributed by atoms with Gasteiger partial charge in [0.25, 0.3) is 5.91 Å². The number of rotatable bonds is 6. The zero-order chi connectivity index (χ0) is 20.9. The van der Waals surface area contributed by atoms with Crippen molar-refractivity contribution in [2.75, 3.05) is 26.2 Å². The maximum Gasteiger partial charge on any atom is 0.254 e. The lowest BCUT2D eigenvalue weighted by molar-refractivity contribution is -0.0469. The Morgan fingerprint density at radius 2 is 1.87 bits per heavy atom. The molecule has 2 aliphatic rings. The number of phenols is 1. The second-order valence-electron chi connectivity index (χ2n) is 8.26. The fraction of sp³-hybridized carbons (Fsp3) is 0.458. The molecule has 1 heterocycles. The second kappa shape index (κ2) is 9.58. The predicted octanol–water partition coefficient (Wildman–Crippen LogP) is 3.82. The summed E-state index contributed by atoms with van der Waals surface area (Å²) in [6.07, 6.45) is 4.17. The number of amides is 1. The van der Waals surface area contributed by atoms with Crippen LogP contribution in [0.4, 0.5) is 4.39 Å². The van der Waals surface area contributed by atoms with Gasteiger partial charge in [-0.1, -0.05) is 31.0 Å². The van der Waals surface area contributed by atoms with Crippen molar-refractivity contribution >= 4 is 5.91 Å². The average Bonchev–Trinajstić information content (AvgIpc) is 3.29. The zero-order valence-corrected chi connectivity index (χ0v) is 17.2. The number of para-hydroxylation sites is 1. The van der Waals surface area contributed by atoms with Gasteiger partial charge in [-0.3, -0.25) is 9.69 Å². The predicted molar refractivity (Wildman–Crippen MR) is 113 cm³/mol. The summed E-state index contributed by atoms with van der Waals surface area (Å²) in [5.41, 5.74) is 1.42. The van der Waals surface area contributed by atoms with Crippen molar-refractivity contribution in [2.45, 2.75) is 44.4 Å². The van der Waals surface area contributed by atoms with Crippen LogP contribution < -0.4 is 0 Å². The second-order valence-corrected chi connectivity index (χ2v) is 8.26. The fourth-order valence-corrected chi connectivity index (χ4v) is 4.51. The molecule has 160 valence electrons. The third-order valence-electron chi connectivity index (χ3n) is 6.13. The summed E-state index contributed by atoms with van der Waals surface area (Å²) in [7, 11) is 0. The molecule has 30 heavy (non-hydrogen) atoms. The quantitative estimate of drug-likeness (QED) is 0.784. The summed E-state index contributed by atoms with van der Waals surface area (Å²) in [6, 6.07) is 13.4. The molecule has 1 amide bonds. The van der Waals surface area contributed by atoms with E-state index in [-0.39, 0.29) is 23.9 Å². The minimum absolute atomic E-state index is 0.0525. The minimum atomic E-state index is -0.339. The smallest absolute Gasteiger partial charge is 0.254 e. The lowest BCUT2D eigenvalue weighted by Crippen LogP contribution is -2.50. The van der Waals surface area contributed by atoms with E-state index >= 15 is 0 Å². The van der Waals surface area contributed by atoms with Gasteiger partial charge in [-0.25, -0.2) is 4.39 Å². The monoisotopic (exact) mass is 412 g/mol. The van der Waals surface area contributed by atoms with Crippen LogP contribution in [0.1, 0.15) is 41.6 Å². The summed E-state index contributed by atoms with van der Waals surface area (Å²) < 4.78 is 19.3. The minimum Gasteiger partial charge on any atom is -0.508 e. The number of nitrogens with zero attached hydrogens (tertiary/aromatic N) is 2. The number of hydrogen-bond donors (Lipinski definition) is 1. The van der Waals surface area contributed by atoms with Crippen molar-refractivity contribution < 1.29 is 19.0 Å². The normalized spacial score (nSPS) is 20.4. The van der Waals surface area contributed by atoms with Crippen molar-refractivity contribution in [3.05, 3.63) is 65.5 Å². The van der Waals surface area contributed by atoms with E-state index in [1.54, 1.807) is 18.2 Å². The zero-order valence-electron chi connectivity index (χ0n) is 17.2. The van der Waals surface area contributed by atoms with Crippen molar-refractivity contribution in [3.8, 4) is 5.75 Å². The Morgan fingerprint density at radius 3 is 2.60 bits per heavy atom. The van der Waals surface area contributed by atoms with Gasteiger partial charge >= 0.3 is 0 Å². The number of halogens is 1. The third-order valence-corrected chi connectivity index (χ3v) is 6.13. The molecule has 0 radical (unpaired) electrons. The van der Waals surface area contributed by atoms with Crippen molar-refractivity contribution in [1.82, 2.24) is 9.80 Å². The van der Waals surface area contributed by atoms with E-state index in [2.05, 4.69) is 4.90 Å². The standard InChI is InChI=1S/C24H29FN2O3/c25-20-11-9-18(10-12-20)24(29)27(21-6-2-3-7-21)17-22-16-26(13-14-30-22)15-19-5-1-4-8-23(19)28/h1,4-5,8-12,21-22,28H,2-3,6-7,13-17H2/t22-/m0/s1. The van der Waals surface area contributed by atoms with Crippen LogP contribution in [0.25, 0.3) is 0 Å². The molecule has 4 rings (SSSR count). The van der Waals surface area contributed by atoms with E-state index in [9.17, 15) is 14.3 Å². The van der Waals surface area contributed by atoms with Crippen LogP contribution in [0.2, 0.25) is 0 Å². The molecule has 0 aromatic heterocycles. The van der Waals surface area contributed by atoms with Gasteiger partial charge in [-0.05, 0) is 43.2 Å². The Bertz CT molecular complexity index is 852. The van der Waals surface area contributed by atoms with Crippen molar-refractivity contribution in [2.24, 2.45) is 0 Å². The molecule has 2 aromatic carbocycles. The number of hydrogen-bond acceptors (Lipinski definition) is 4. The highest BCUT2D eigenvalue weighted by Crippen LogP contribution is 2.26. The van der Waals surface area contributed by atoms with Gasteiger partial charge in [0.2, 0.25) is 0 Å². The molecular formula is C24H29FN2O3. The average molecular weight is 413 g/mol. The molecule has 1 saturated heterocycles. The summed E-state index contributed by atoms with van der Waals surface area (Å²) in [5.74, 6) is -0.0858. The molecule has 6 heteroatoms. The molecule has 1 aliphatic heterocycles. The first-order valence-corrected chi connectivity index (χ1v) is 10.8. The van der Waals surface area contributed by atoms with Gasteiger partial charge in [0.05, 0.1) is 12.7 Å². The van der Waals surface area contributed by atoms with Gasteiger partial charge in [0, 0.05) is 43.3 Å². The number of carbonyl (C=O) groups excluding carboxylic acids is 1. The first-order valence-electron chi connectivity index (χ1n) is 10.8. The number of aromatic hydroxyl groups is 1. The van der Waals surface area contributed by atoms with Crippen LogP contribution >= 0.6 is 0 Å². The highest BCUT2D eigenvalue weighted by atomic mass is 19.1. The Balaban J connectivity index is 1.44. The number of morpholine rings is 1. The Morgan fingerprint density at radius 1 is 1.13 bits per heavy atom. The summed E-state index contributed by atoms with van der Waals surface area (Å²) in [4.78, 5) is 17.4. The first-order chi connectivity index (χ1) is 14.6. The summed E-state index contributed by atoms with van der Waals surface area (Å²) in [6.45, 7) is 3.27. The van der Waals surface area contributed by atoms with Gasteiger partial charge in [-0.2, -0.15) is 0 Å². The summed E-state index contributed by atoms with van der Waals surface area (Å²) in [5, 5.41) is 10.1. The molecule has 0 spiro atoms. The Kier molecular flexibility index (Phi) is 6.65. The Labute approximate surface area is 177 Å². The maximum atomic E-state index is 13.3. The molecule has 1 saturated carbocycles. The van der Waals surface area contributed by atoms with E-state index in [4.69, 9.17) is 4.74 Å². The molecule has 0 unspecified atom stereocenters. The highest BCUT2D eigenvalue weighted by Gasteiger charge is 2.31. The number of benzene rings is 2. The van der Waals surface area contributed by atoms with Crippen LogP contribution in [0.15, 0.2) is 48.5 Å². The van der Waals surface area contributed by atoms with Crippen LogP contribution in [-0.4, -0.2) is 59.2 Å². The molecular weight excluding hydrogens is 383 g/mol. The molecule has 1 N–H and O–H groups in total. The number of carbonyl (C=O) groups is 1. The lowest BCUT2D eigenvalue weighted by atomic mass is 10.1. The van der Waals surface area contributed by atoms with E-state index in [0.717, 1.165) is 37.8 Å². The topological polar surface area (TPSA) is 53.0 Å². The highest BCUT2D eigenvalue weighted by molar-refractivity contribution is 5.94. The van der Waals surface area contributed by atoms with Crippen LogP contribution in [-0.2, 0) is 11.3 Å². The van der Waals surface area contributed by atoms with Gasteiger partial charge in [-0.15, -0.1) is 0 Å². The molecule has 2 fully saturated rings. The Hall–Kier alpha value is -2.44. The lowest BCUT2D eigenvalue weighted by Gasteiger charge is -2.38. The van der Waals surface area contributed by atoms with Gasteiger partial charge in [0.1, 0.15) is 11.6 Å². The van der Waals surface area contributed by atoms with Crippen molar-refractivity contribution in [1.29, 1.82) is 0 Å². The molecule has 1 atom stereocenters. The van der Waals surface area contributed by atoms with Crippen LogP contribution in [0, 0.1) is 5.82 Å². The van der Waals surface area contributed by atoms with E-state index < -0.39 is 0 Å². The maximum absolute atomic E-state index is 13.3. The van der Waals surface area contributed by atoms with E-state index in [1.807, 2.05) is 23.1 Å². The summed E-state index contributed by atoms with van der Waals surface area (Å²) >= 11 is 0. The molecule has 2 aromatic rings. The van der Waals surface area contributed by atoms with Gasteiger partial charge in [0.15, 0.2) is 0 Å². The molecule has 5 nitrogen and oxygen atoms in total. The van der Waals surface area contributed by atoms with Crippen molar-refractivity contribution in [3.63, 3.8) is 0 Å². The van der Waals surface area contributed by atoms with E-state index in [0.29, 0.717) is 37.6 Å². The molecule has 0 bridgehead atoms. The van der Waals surface area contributed by atoms with E-state index in [1.165, 1.54) is 12.1 Å². The van der Waals surface area contributed by atoms with Gasteiger partial charge < -0.3 is 14.7 Å². The first kappa shape index (κ1) is 20.8. The van der Waals surface area contributed by atoms with Crippen LogP contribution in [0.5, 0.6) is 5.75 Å². The fourth-order valence-electron chi connectivity index (χ4n) is 4.51. The molecule has 1 aliphatic carbocycles. The van der Waals surface area contributed by atoms with Crippen LogP contribution in [0.3, 0.4) is 0 Å². The largest absolute Gasteiger partial charge is 0.508 e. The third kappa shape index (κ3) is 4.99. The number of phenolic OH excluding ortho intramolecular Hbond substituents is 1. The SMILES string of the molecule is O=C(c1ccc(F)cc1)N(C[C@@H]1CN(Cc2ccccc2O)CCO1)C1CCCC1.